The lowest BCUT2D eigenvalue weighted by Gasteiger charge is -2.21. The summed E-state index contributed by atoms with van der Waals surface area (Å²) >= 11 is 0. The molecule has 1 aliphatic heterocycles. The van der Waals surface area contributed by atoms with Crippen molar-refractivity contribution in [3.8, 4) is 40.0 Å². The van der Waals surface area contributed by atoms with Gasteiger partial charge in [-0.05, 0) is 50.1 Å². The second kappa shape index (κ2) is 12.0. The van der Waals surface area contributed by atoms with Gasteiger partial charge in [0.15, 0.2) is 29.6 Å². The smallest absolute Gasteiger partial charge is 0.341 e. The molecule has 0 spiro atoms. The van der Waals surface area contributed by atoms with Gasteiger partial charge in [0.2, 0.25) is 0 Å². The van der Waals surface area contributed by atoms with Gasteiger partial charge in [-0.15, -0.1) is 0 Å². The first kappa shape index (κ1) is 24.9. The average Bonchev–Trinajstić information content (AvgIpc) is 2.88. The largest absolute Gasteiger partial charge is 0.493 e. The molecular formula is C26H29N3O7. The summed E-state index contributed by atoms with van der Waals surface area (Å²) in [5.74, 6) is 2.63. The molecule has 0 unspecified atom stereocenters. The van der Waals surface area contributed by atoms with Crippen molar-refractivity contribution in [3.05, 3.63) is 48.3 Å². The molecular weight excluding hydrogens is 466 g/mol. The van der Waals surface area contributed by atoms with Gasteiger partial charge >= 0.3 is 5.97 Å². The second-order valence-corrected chi connectivity index (χ2v) is 7.78. The Morgan fingerprint density at radius 1 is 0.944 bits per heavy atom. The number of carbonyl (C=O) groups is 1. The Morgan fingerprint density at radius 3 is 2.44 bits per heavy atom. The highest BCUT2D eigenvalue weighted by Crippen LogP contribution is 2.37. The van der Waals surface area contributed by atoms with Crippen LogP contribution in [-0.4, -0.2) is 60.6 Å². The van der Waals surface area contributed by atoms with E-state index in [4.69, 9.17) is 28.8 Å². The average molecular weight is 496 g/mol. The van der Waals surface area contributed by atoms with Crippen molar-refractivity contribution >= 4 is 11.8 Å². The summed E-state index contributed by atoms with van der Waals surface area (Å²) in [6, 6.07) is 10.9. The van der Waals surface area contributed by atoms with Gasteiger partial charge in [-0.3, -0.25) is 0 Å². The van der Waals surface area contributed by atoms with Crippen LogP contribution >= 0.6 is 0 Å². The molecule has 1 aliphatic rings. The summed E-state index contributed by atoms with van der Waals surface area (Å²) in [7, 11) is 0. The maximum Gasteiger partial charge on any atom is 0.341 e. The normalized spacial score (nSPS) is 12.1. The number of anilines is 1. The number of benzene rings is 2. The number of carboxylic acid groups (broad SMARTS) is 1. The number of fused-ring (bicyclic) bond motifs is 1. The van der Waals surface area contributed by atoms with Crippen LogP contribution in [0.5, 0.6) is 28.7 Å². The van der Waals surface area contributed by atoms with Gasteiger partial charge in [-0.2, -0.15) is 0 Å². The molecule has 0 fully saturated rings. The van der Waals surface area contributed by atoms with E-state index in [0.29, 0.717) is 68.2 Å². The van der Waals surface area contributed by atoms with Crippen LogP contribution < -0.4 is 29.0 Å². The summed E-state index contributed by atoms with van der Waals surface area (Å²) in [6.45, 7) is 5.98. The lowest BCUT2D eigenvalue weighted by Crippen LogP contribution is -2.16. The summed E-state index contributed by atoms with van der Waals surface area (Å²) < 4.78 is 28.2. The summed E-state index contributed by atoms with van der Waals surface area (Å²) in [4.78, 5) is 19.6. The third-order valence-corrected chi connectivity index (χ3v) is 5.28. The minimum absolute atomic E-state index is 0.361. The van der Waals surface area contributed by atoms with Gasteiger partial charge in [-0.1, -0.05) is 0 Å². The first-order chi connectivity index (χ1) is 17.6. The number of nitrogens with one attached hydrogen (secondary N) is 1. The van der Waals surface area contributed by atoms with Gasteiger partial charge in [0.1, 0.15) is 31.1 Å². The van der Waals surface area contributed by atoms with E-state index >= 15 is 0 Å². The zero-order chi connectivity index (χ0) is 25.3. The molecule has 0 saturated heterocycles. The number of ether oxygens (including phenoxy) is 5. The number of aliphatic carboxylic acids is 1. The lowest BCUT2D eigenvalue weighted by molar-refractivity contribution is -0.139. The molecule has 1 aromatic heterocycles. The van der Waals surface area contributed by atoms with E-state index in [0.717, 1.165) is 22.6 Å². The van der Waals surface area contributed by atoms with Crippen molar-refractivity contribution in [2.45, 2.75) is 20.3 Å². The molecule has 4 rings (SSSR count). The van der Waals surface area contributed by atoms with Crippen LogP contribution in [0.4, 0.5) is 5.82 Å². The molecule has 0 radical (unpaired) electrons. The monoisotopic (exact) mass is 495 g/mol. The highest BCUT2D eigenvalue weighted by molar-refractivity contribution is 5.69. The molecule has 190 valence electrons. The second-order valence-electron chi connectivity index (χ2n) is 7.78. The summed E-state index contributed by atoms with van der Waals surface area (Å²) in [5, 5.41) is 12.2. The summed E-state index contributed by atoms with van der Waals surface area (Å²) in [5.41, 5.74) is 2.49. The molecule has 10 nitrogen and oxygen atoms in total. The number of hydrogen-bond acceptors (Lipinski definition) is 9. The third-order valence-electron chi connectivity index (χ3n) is 5.28. The zero-order valence-corrected chi connectivity index (χ0v) is 20.3. The van der Waals surface area contributed by atoms with Gasteiger partial charge in [0.25, 0.3) is 0 Å². The van der Waals surface area contributed by atoms with E-state index < -0.39 is 12.6 Å². The number of hydrogen-bond donors (Lipinski definition) is 2. The third kappa shape index (κ3) is 6.26. The molecule has 0 atom stereocenters. The van der Waals surface area contributed by atoms with Crippen molar-refractivity contribution < 1.29 is 33.6 Å². The van der Waals surface area contributed by atoms with E-state index in [-0.39, 0.29) is 0 Å². The first-order valence-corrected chi connectivity index (χ1v) is 11.8. The van der Waals surface area contributed by atoms with E-state index in [1.54, 1.807) is 18.2 Å². The van der Waals surface area contributed by atoms with Gasteiger partial charge < -0.3 is 34.1 Å². The first-order valence-electron chi connectivity index (χ1n) is 11.8. The highest BCUT2D eigenvalue weighted by Gasteiger charge is 2.17. The van der Waals surface area contributed by atoms with E-state index in [2.05, 4.69) is 15.3 Å². The Balaban J connectivity index is 1.45. The summed E-state index contributed by atoms with van der Waals surface area (Å²) in [6.07, 6.45) is 2.18. The van der Waals surface area contributed by atoms with Crippen LogP contribution in [0.3, 0.4) is 0 Å². The molecule has 0 aliphatic carbocycles. The van der Waals surface area contributed by atoms with Gasteiger partial charge in [0, 0.05) is 24.2 Å². The van der Waals surface area contributed by atoms with E-state index in [1.165, 1.54) is 6.33 Å². The molecule has 2 heterocycles. The number of nitrogens with zero attached hydrogens (tertiary/aromatic N) is 2. The van der Waals surface area contributed by atoms with Crippen LogP contribution in [0.2, 0.25) is 0 Å². The van der Waals surface area contributed by atoms with Crippen LogP contribution in [0.15, 0.2) is 42.7 Å². The fourth-order valence-electron chi connectivity index (χ4n) is 3.73. The van der Waals surface area contributed by atoms with Gasteiger partial charge in [0.05, 0.1) is 18.9 Å². The van der Waals surface area contributed by atoms with E-state index in [9.17, 15) is 4.79 Å². The quantitative estimate of drug-likeness (QED) is 0.383. The Hall–Kier alpha value is -4.21. The van der Waals surface area contributed by atoms with Crippen LogP contribution in [-0.2, 0) is 11.2 Å². The van der Waals surface area contributed by atoms with Crippen molar-refractivity contribution in [2.24, 2.45) is 0 Å². The van der Waals surface area contributed by atoms with E-state index in [1.807, 2.05) is 32.0 Å². The Labute approximate surface area is 209 Å². The molecule has 0 saturated carbocycles. The fraction of sp³-hybridized carbons (Fsp3) is 0.346. The zero-order valence-electron chi connectivity index (χ0n) is 20.3. The fourth-order valence-corrected chi connectivity index (χ4v) is 3.73. The number of aromatic nitrogens is 2. The molecule has 2 aromatic carbocycles. The number of rotatable bonds is 12. The number of carboxylic acids is 1. The van der Waals surface area contributed by atoms with Crippen molar-refractivity contribution in [2.75, 3.05) is 44.9 Å². The van der Waals surface area contributed by atoms with Crippen molar-refractivity contribution in [1.29, 1.82) is 0 Å². The van der Waals surface area contributed by atoms with Crippen molar-refractivity contribution in [1.82, 2.24) is 9.97 Å². The molecule has 10 heteroatoms. The molecule has 0 amide bonds. The molecule has 2 N–H and O–H groups in total. The van der Waals surface area contributed by atoms with Crippen LogP contribution in [0, 0.1) is 0 Å². The van der Waals surface area contributed by atoms with Crippen molar-refractivity contribution in [3.63, 3.8) is 0 Å². The minimum Gasteiger partial charge on any atom is -0.493 e. The predicted molar refractivity (Wildman–Crippen MR) is 133 cm³/mol. The SMILES string of the molecule is CCOc1cc2c(cc1CCNc1cc(-c3ccc(OCC(=O)O)c(OCC)c3)ncn1)OCCO2. The maximum atomic E-state index is 10.9. The standard InChI is InChI=1S/C26H29N3O7/c1-3-32-21-14-24-23(34-9-10-35-24)12-18(21)7-8-27-25-13-19(28-16-29-25)17-5-6-20(36-15-26(30)31)22(11-17)33-4-2/h5-6,11-14,16H,3-4,7-10,15H2,1-2H3,(H,30,31)(H,27,28,29). The van der Waals surface area contributed by atoms with Crippen LogP contribution in [0.1, 0.15) is 19.4 Å². The predicted octanol–water partition coefficient (Wildman–Crippen LogP) is 3.83. The minimum atomic E-state index is -1.06. The lowest BCUT2D eigenvalue weighted by atomic mass is 10.1. The Kier molecular flexibility index (Phi) is 8.28. The Morgan fingerprint density at radius 2 is 1.69 bits per heavy atom. The maximum absolute atomic E-state index is 10.9. The highest BCUT2D eigenvalue weighted by atomic mass is 16.6. The molecule has 0 bridgehead atoms. The molecule has 36 heavy (non-hydrogen) atoms. The van der Waals surface area contributed by atoms with Gasteiger partial charge in [-0.25, -0.2) is 14.8 Å². The molecule has 3 aromatic rings. The van der Waals surface area contributed by atoms with Crippen LogP contribution in [0.25, 0.3) is 11.3 Å². The Bertz CT molecular complexity index is 1200. The topological polar surface area (TPSA) is 121 Å².